The molecular weight excluding hydrogens is 245 g/mol. The Kier molecular flexibility index (Phi) is 3.35. The van der Waals surface area contributed by atoms with Crippen molar-refractivity contribution < 1.29 is 17.5 Å². The van der Waals surface area contributed by atoms with Gasteiger partial charge >= 0.3 is 0 Å². The Bertz CT molecular complexity index is 509. The normalized spacial score (nSPS) is 20.6. The van der Waals surface area contributed by atoms with E-state index in [1.54, 1.807) is 0 Å². The van der Waals surface area contributed by atoms with Crippen molar-refractivity contribution in [3.8, 4) is 0 Å². The number of benzene rings is 1. The predicted octanol–water partition coefficient (Wildman–Crippen LogP) is 1.22. The number of hydrogen-bond acceptors (Lipinski definition) is 4. The largest absolute Gasteiger partial charge is 0.396 e. The number of nitrogens with two attached hydrogens (primary N) is 1. The first-order valence-corrected chi connectivity index (χ1v) is 7.00. The monoisotopic (exact) mass is 259 g/mol. The van der Waals surface area contributed by atoms with E-state index in [1.807, 2.05) is 0 Å². The predicted molar refractivity (Wildman–Crippen MR) is 61.8 cm³/mol. The van der Waals surface area contributed by atoms with Crippen molar-refractivity contribution in [2.24, 2.45) is 5.92 Å². The Balaban J connectivity index is 2.21. The molecule has 1 saturated heterocycles. The minimum absolute atomic E-state index is 0.000569. The first kappa shape index (κ1) is 12.3. The smallest absolute Gasteiger partial charge is 0.178 e. The lowest BCUT2D eigenvalue weighted by atomic mass is 10.2. The molecule has 0 amide bonds. The summed E-state index contributed by atoms with van der Waals surface area (Å²) in [5.74, 6) is -0.703. The first-order chi connectivity index (χ1) is 7.99. The quantitative estimate of drug-likeness (QED) is 0.829. The highest BCUT2D eigenvalue weighted by Crippen LogP contribution is 2.22. The van der Waals surface area contributed by atoms with Gasteiger partial charge in [0.05, 0.1) is 22.9 Å². The van der Waals surface area contributed by atoms with Crippen molar-refractivity contribution in [1.82, 2.24) is 0 Å². The third kappa shape index (κ3) is 2.76. The minimum Gasteiger partial charge on any atom is -0.396 e. The van der Waals surface area contributed by atoms with Gasteiger partial charge in [0, 0.05) is 6.61 Å². The molecule has 2 rings (SSSR count). The van der Waals surface area contributed by atoms with Crippen molar-refractivity contribution >= 4 is 15.5 Å². The maximum atomic E-state index is 13.2. The van der Waals surface area contributed by atoms with Gasteiger partial charge < -0.3 is 10.5 Å². The highest BCUT2D eigenvalue weighted by Gasteiger charge is 2.25. The van der Waals surface area contributed by atoms with E-state index < -0.39 is 15.7 Å². The summed E-state index contributed by atoms with van der Waals surface area (Å²) in [7, 11) is -3.46. The molecule has 17 heavy (non-hydrogen) atoms. The Labute approximate surface area is 99.5 Å². The number of anilines is 1. The molecule has 2 N–H and O–H groups in total. The minimum atomic E-state index is -3.46. The second-order valence-corrected chi connectivity index (χ2v) is 6.23. The maximum absolute atomic E-state index is 13.2. The van der Waals surface area contributed by atoms with Gasteiger partial charge in [-0.3, -0.25) is 0 Å². The lowest BCUT2D eigenvalue weighted by Crippen LogP contribution is -2.16. The second-order valence-electron chi connectivity index (χ2n) is 4.19. The fourth-order valence-electron chi connectivity index (χ4n) is 1.82. The Morgan fingerprint density at radius 3 is 2.82 bits per heavy atom. The molecule has 1 fully saturated rings. The highest BCUT2D eigenvalue weighted by atomic mass is 32.2. The zero-order chi connectivity index (χ0) is 12.5. The van der Waals surface area contributed by atoms with Crippen LogP contribution < -0.4 is 5.73 Å². The van der Waals surface area contributed by atoms with Crippen LogP contribution >= 0.6 is 0 Å². The molecule has 0 saturated carbocycles. The molecule has 1 unspecified atom stereocenters. The van der Waals surface area contributed by atoms with Crippen LogP contribution in [-0.2, 0) is 14.6 Å². The molecule has 1 heterocycles. The summed E-state index contributed by atoms with van der Waals surface area (Å²) in [6.07, 6.45) is 0.733. The lowest BCUT2D eigenvalue weighted by molar-refractivity contribution is 0.188. The van der Waals surface area contributed by atoms with Crippen molar-refractivity contribution in [2.75, 3.05) is 24.7 Å². The summed E-state index contributed by atoms with van der Waals surface area (Å²) in [4.78, 5) is -0.0175. The molecule has 0 aliphatic carbocycles. The van der Waals surface area contributed by atoms with Gasteiger partial charge in [0.15, 0.2) is 9.84 Å². The van der Waals surface area contributed by atoms with E-state index in [4.69, 9.17) is 10.5 Å². The molecule has 0 aromatic heterocycles. The van der Waals surface area contributed by atoms with Gasteiger partial charge in [-0.15, -0.1) is 0 Å². The van der Waals surface area contributed by atoms with E-state index in [0.717, 1.165) is 12.5 Å². The van der Waals surface area contributed by atoms with Crippen LogP contribution in [0.2, 0.25) is 0 Å². The van der Waals surface area contributed by atoms with Crippen LogP contribution in [0.5, 0.6) is 0 Å². The van der Waals surface area contributed by atoms with Gasteiger partial charge in [-0.25, -0.2) is 12.8 Å². The van der Waals surface area contributed by atoms with E-state index in [1.165, 1.54) is 12.1 Å². The van der Waals surface area contributed by atoms with E-state index >= 15 is 0 Å². The number of rotatable bonds is 3. The number of nitrogen functional groups attached to an aromatic ring is 1. The zero-order valence-electron chi connectivity index (χ0n) is 9.23. The molecule has 6 heteroatoms. The average molecular weight is 259 g/mol. The zero-order valence-corrected chi connectivity index (χ0v) is 10.0. The third-order valence-electron chi connectivity index (χ3n) is 2.81. The van der Waals surface area contributed by atoms with Crippen LogP contribution in [0, 0.1) is 11.7 Å². The van der Waals surface area contributed by atoms with Crippen LogP contribution in [0.15, 0.2) is 23.1 Å². The molecule has 0 radical (unpaired) electrons. The first-order valence-electron chi connectivity index (χ1n) is 5.34. The molecular formula is C11H14FNO3S. The summed E-state index contributed by atoms with van der Waals surface area (Å²) >= 11 is 0. The van der Waals surface area contributed by atoms with Gasteiger partial charge in [0.25, 0.3) is 0 Å². The molecule has 1 aliphatic rings. The Morgan fingerprint density at radius 1 is 1.47 bits per heavy atom. The summed E-state index contributed by atoms with van der Waals surface area (Å²) < 4.78 is 42.3. The topological polar surface area (TPSA) is 69.4 Å². The van der Waals surface area contributed by atoms with E-state index in [0.29, 0.717) is 13.2 Å². The van der Waals surface area contributed by atoms with Crippen molar-refractivity contribution in [2.45, 2.75) is 11.3 Å². The van der Waals surface area contributed by atoms with E-state index in [-0.39, 0.29) is 22.3 Å². The van der Waals surface area contributed by atoms with Gasteiger partial charge in [0.2, 0.25) is 0 Å². The van der Waals surface area contributed by atoms with Gasteiger partial charge in [-0.05, 0) is 30.5 Å². The standard InChI is InChI=1S/C11H14FNO3S/c12-10-5-9(1-2-11(10)13)17(14,15)7-8-3-4-16-6-8/h1-2,5,8H,3-4,6-7,13H2. The fourth-order valence-corrected chi connectivity index (χ4v) is 3.46. The van der Waals surface area contributed by atoms with E-state index in [9.17, 15) is 12.8 Å². The van der Waals surface area contributed by atoms with Gasteiger partial charge in [-0.1, -0.05) is 0 Å². The molecule has 4 nitrogen and oxygen atoms in total. The summed E-state index contributed by atoms with van der Waals surface area (Å²) in [5, 5.41) is 0. The highest BCUT2D eigenvalue weighted by molar-refractivity contribution is 7.91. The molecule has 1 aliphatic heterocycles. The van der Waals surface area contributed by atoms with Crippen LogP contribution in [-0.4, -0.2) is 27.4 Å². The van der Waals surface area contributed by atoms with Crippen LogP contribution in [0.3, 0.4) is 0 Å². The molecule has 1 atom stereocenters. The number of ether oxygens (including phenoxy) is 1. The fraction of sp³-hybridized carbons (Fsp3) is 0.455. The maximum Gasteiger partial charge on any atom is 0.178 e. The lowest BCUT2D eigenvalue weighted by Gasteiger charge is -2.09. The number of sulfone groups is 1. The van der Waals surface area contributed by atoms with Gasteiger partial charge in [0.1, 0.15) is 5.82 Å². The summed E-state index contributed by atoms with van der Waals surface area (Å²) in [5.41, 5.74) is 5.26. The Morgan fingerprint density at radius 2 is 2.24 bits per heavy atom. The molecule has 0 bridgehead atoms. The Hall–Kier alpha value is -1.14. The SMILES string of the molecule is Nc1ccc(S(=O)(=O)CC2CCOC2)cc1F. The molecule has 0 spiro atoms. The van der Waals surface area contributed by atoms with E-state index in [2.05, 4.69) is 0 Å². The number of halogens is 1. The second kappa shape index (κ2) is 4.62. The van der Waals surface area contributed by atoms with Crippen molar-refractivity contribution in [3.05, 3.63) is 24.0 Å². The summed E-state index contributed by atoms with van der Waals surface area (Å²) in [6.45, 7) is 1.05. The van der Waals surface area contributed by atoms with Crippen molar-refractivity contribution in [3.63, 3.8) is 0 Å². The van der Waals surface area contributed by atoms with Crippen LogP contribution in [0.25, 0.3) is 0 Å². The summed E-state index contributed by atoms with van der Waals surface area (Å²) in [6, 6.07) is 3.58. The third-order valence-corrected chi connectivity index (χ3v) is 4.69. The molecule has 1 aromatic rings. The molecule has 94 valence electrons. The van der Waals surface area contributed by atoms with Crippen molar-refractivity contribution in [1.29, 1.82) is 0 Å². The van der Waals surface area contributed by atoms with Gasteiger partial charge in [-0.2, -0.15) is 0 Å². The van der Waals surface area contributed by atoms with Crippen LogP contribution in [0.1, 0.15) is 6.42 Å². The average Bonchev–Trinajstić information content (AvgIpc) is 2.73. The number of hydrogen-bond donors (Lipinski definition) is 1. The molecule has 1 aromatic carbocycles. The van der Waals surface area contributed by atoms with Crippen LogP contribution in [0.4, 0.5) is 10.1 Å².